The van der Waals surface area contributed by atoms with Crippen LogP contribution in [0.25, 0.3) is 0 Å². The summed E-state index contributed by atoms with van der Waals surface area (Å²) in [5.41, 5.74) is -0.249. The lowest BCUT2D eigenvalue weighted by Gasteiger charge is -2.24. The predicted molar refractivity (Wildman–Crippen MR) is 58.5 cm³/mol. The van der Waals surface area contributed by atoms with Crippen LogP contribution in [0.2, 0.25) is 0 Å². The van der Waals surface area contributed by atoms with E-state index in [1.807, 2.05) is 20.8 Å². The molecule has 5 nitrogen and oxygen atoms in total. The van der Waals surface area contributed by atoms with Gasteiger partial charge in [-0.2, -0.15) is 0 Å². The first-order chi connectivity index (χ1) is 6.89. The van der Waals surface area contributed by atoms with E-state index in [0.29, 0.717) is 13.1 Å². The highest BCUT2D eigenvalue weighted by molar-refractivity contribution is 5.78. The third-order valence-corrected chi connectivity index (χ3v) is 1.71. The highest BCUT2D eigenvalue weighted by Crippen LogP contribution is 1.98. The lowest BCUT2D eigenvalue weighted by Crippen LogP contribution is -2.47. The summed E-state index contributed by atoms with van der Waals surface area (Å²) < 4.78 is 0. The molecule has 0 aliphatic carbocycles. The second kappa shape index (κ2) is 6.76. The van der Waals surface area contributed by atoms with Crippen molar-refractivity contribution in [1.29, 1.82) is 0 Å². The van der Waals surface area contributed by atoms with Gasteiger partial charge in [0, 0.05) is 18.6 Å². The van der Waals surface area contributed by atoms with Crippen LogP contribution in [0, 0.1) is 0 Å². The maximum atomic E-state index is 11.5. The molecule has 0 spiro atoms. The fourth-order valence-electron chi connectivity index (χ4n) is 1.21. The zero-order valence-electron chi connectivity index (χ0n) is 9.79. The lowest BCUT2D eigenvalue weighted by molar-refractivity contribution is -0.123. The van der Waals surface area contributed by atoms with Gasteiger partial charge in [0.1, 0.15) is 0 Å². The van der Waals surface area contributed by atoms with E-state index in [-0.39, 0.29) is 31.2 Å². The molecule has 0 saturated carbocycles. The molecular weight excluding hydrogens is 196 g/mol. The number of rotatable bonds is 6. The Morgan fingerprint density at radius 1 is 1.20 bits per heavy atom. The fourth-order valence-corrected chi connectivity index (χ4v) is 1.21. The van der Waals surface area contributed by atoms with E-state index in [9.17, 15) is 4.79 Å². The average Bonchev–Trinajstić information content (AvgIpc) is 2.00. The number of hydrogen-bond donors (Lipinski definition) is 3. The normalized spacial score (nSPS) is 11.9. The number of nitrogens with one attached hydrogen (secondary N) is 1. The van der Waals surface area contributed by atoms with E-state index in [4.69, 9.17) is 10.2 Å². The Balaban J connectivity index is 3.99. The summed E-state index contributed by atoms with van der Waals surface area (Å²) in [5, 5.41) is 20.3. The molecule has 0 fully saturated rings. The zero-order valence-corrected chi connectivity index (χ0v) is 9.79. The maximum Gasteiger partial charge on any atom is 0.234 e. The van der Waals surface area contributed by atoms with Crippen LogP contribution in [0.15, 0.2) is 0 Å². The Kier molecular flexibility index (Phi) is 6.47. The third-order valence-electron chi connectivity index (χ3n) is 1.71. The van der Waals surface area contributed by atoms with Crippen molar-refractivity contribution in [2.24, 2.45) is 0 Å². The summed E-state index contributed by atoms with van der Waals surface area (Å²) in [5.74, 6) is -0.0931. The largest absolute Gasteiger partial charge is 0.395 e. The SMILES string of the molecule is CC(C)(C)NC(=O)CN(CCO)CCO. The predicted octanol–water partition coefficient (Wildman–Crippen LogP) is -0.812. The molecule has 0 rings (SSSR count). The quantitative estimate of drug-likeness (QED) is 0.545. The van der Waals surface area contributed by atoms with Crippen molar-refractivity contribution in [3.8, 4) is 0 Å². The number of nitrogens with zero attached hydrogens (tertiary/aromatic N) is 1. The second-order valence-corrected chi connectivity index (χ2v) is 4.52. The standard InChI is InChI=1S/C10H22N2O3/c1-10(2,3)11-9(15)8-12(4-6-13)5-7-14/h13-14H,4-8H2,1-3H3,(H,11,15). The van der Waals surface area contributed by atoms with Crippen molar-refractivity contribution in [2.75, 3.05) is 32.8 Å². The van der Waals surface area contributed by atoms with Crippen LogP contribution in [0.4, 0.5) is 0 Å². The van der Waals surface area contributed by atoms with E-state index < -0.39 is 0 Å². The van der Waals surface area contributed by atoms with Crippen LogP contribution < -0.4 is 5.32 Å². The van der Waals surface area contributed by atoms with Crippen molar-refractivity contribution in [1.82, 2.24) is 10.2 Å². The molecule has 5 heteroatoms. The number of carbonyl (C=O) groups is 1. The molecule has 90 valence electrons. The van der Waals surface area contributed by atoms with Gasteiger partial charge in [-0.1, -0.05) is 0 Å². The van der Waals surface area contributed by atoms with Crippen molar-refractivity contribution < 1.29 is 15.0 Å². The van der Waals surface area contributed by atoms with Gasteiger partial charge in [-0.25, -0.2) is 0 Å². The number of carbonyl (C=O) groups excluding carboxylic acids is 1. The van der Waals surface area contributed by atoms with Gasteiger partial charge in [-0.05, 0) is 20.8 Å². The van der Waals surface area contributed by atoms with Gasteiger partial charge >= 0.3 is 0 Å². The van der Waals surface area contributed by atoms with E-state index in [0.717, 1.165) is 0 Å². The van der Waals surface area contributed by atoms with Gasteiger partial charge in [0.05, 0.1) is 19.8 Å². The monoisotopic (exact) mass is 218 g/mol. The highest BCUT2D eigenvalue weighted by Gasteiger charge is 2.16. The smallest absolute Gasteiger partial charge is 0.234 e. The Hall–Kier alpha value is -0.650. The molecule has 0 bridgehead atoms. The van der Waals surface area contributed by atoms with Crippen molar-refractivity contribution >= 4 is 5.91 Å². The number of hydrogen-bond acceptors (Lipinski definition) is 4. The molecule has 0 aliphatic rings. The molecule has 0 aromatic carbocycles. The molecule has 3 N–H and O–H groups in total. The third kappa shape index (κ3) is 8.35. The second-order valence-electron chi connectivity index (χ2n) is 4.52. The zero-order chi connectivity index (χ0) is 11.9. The van der Waals surface area contributed by atoms with Gasteiger partial charge in [0.15, 0.2) is 0 Å². The van der Waals surface area contributed by atoms with Gasteiger partial charge < -0.3 is 15.5 Å². The van der Waals surface area contributed by atoms with Crippen LogP contribution in [0.3, 0.4) is 0 Å². The number of aliphatic hydroxyl groups excluding tert-OH is 2. The molecule has 15 heavy (non-hydrogen) atoms. The Labute approximate surface area is 91.1 Å². The molecule has 0 heterocycles. The lowest BCUT2D eigenvalue weighted by atomic mass is 10.1. The van der Waals surface area contributed by atoms with Gasteiger partial charge in [-0.3, -0.25) is 9.69 Å². The van der Waals surface area contributed by atoms with Crippen LogP contribution in [-0.4, -0.2) is 59.4 Å². The molecule has 0 unspecified atom stereocenters. The summed E-state index contributed by atoms with van der Waals surface area (Å²) >= 11 is 0. The first-order valence-electron chi connectivity index (χ1n) is 5.14. The van der Waals surface area contributed by atoms with E-state index in [1.165, 1.54) is 0 Å². The van der Waals surface area contributed by atoms with Crippen LogP contribution >= 0.6 is 0 Å². The first kappa shape index (κ1) is 14.3. The van der Waals surface area contributed by atoms with Crippen molar-refractivity contribution in [2.45, 2.75) is 26.3 Å². The highest BCUT2D eigenvalue weighted by atomic mass is 16.3. The molecule has 0 aromatic heterocycles. The molecule has 0 aromatic rings. The van der Waals surface area contributed by atoms with Crippen molar-refractivity contribution in [3.05, 3.63) is 0 Å². The molecule has 0 aliphatic heterocycles. The van der Waals surface area contributed by atoms with Crippen LogP contribution in [-0.2, 0) is 4.79 Å². The number of amides is 1. The molecule has 0 radical (unpaired) electrons. The summed E-state index contributed by atoms with van der Waals surface area (Å²) in [6, 6.07) is 0. The van der Waals surface area contributed by atoms with E-state index in [1.54, 1.807) is 4.90 Å². The minimum Gasteiger partial charge on any atom is -0.395 e. The minimum absolute atomic E-state index is 0.0111. The van der Waals surface area contributed by atoms with Gasteiger partial charge in [-0.15, -0.1) is 0 Å². The van der Waals surface area contributed by atoms with Crippen molar-refractivity contribution in [3.63, 3.8) is 0 Å². The number of aliphatic hydroxyl groups is 2. The van der Waals surface area contributed by atoms with Crippen LogP contribution in [0.5, 0.6) is 0 Å². The minimum atomic E-state index is -0.249. The van der Waals surface area contributed by atoms with E-state index in [2.05, 4.69) is 5.32 Å². The molecule has 0 atom stereocenters. The average molecular weight is 218 g/mol. The topological polar surface area (TPSA) is 72.8 Å². The first-order valence-corrected chi connectivity index (χ1v) is 5.14. The Morgan fingerprint density at radius 3 is 2.00 bits per heavy atom. The summed E-state index contributed by atoms with van der Waals surface area (Å²) in [7, 11) is 0. The van der Waals surface area contributed by atoms with Gasteiger partial charge in [0.25, 0.3) is 0 Å². The summed E-state index contributed by atoms with van der Waals surface area (Å²) in [6.45, 7) is 6.72. The molecule has 0 saturated heterocycles. The Morgan fingerprint density at radius 2 is 1.67 bits per heavy atom. The molecule has 1 amide bonds. The molecular formula is C10H22N2O3. The Bertz CT molecular complexity index is 184. The van der Waals surface area contributed by atoms with Gasteiger partial charge in [0.2, 0.25) is 5.91 Å². The summed E-state index contributed by atoms with van der Waals surface area (Å²) in [6.07, 6.45) is 0. The maximum absolute atomic E-state index is 11.5. The fraction of sp³-hybridized carbons (Fsp3) is 0.900. The van der Waals surface area contributed by atoms with Crippen LogP contribution in [0.1, 0.15) is 20.8 Å². The van der Waals surface area contributed by atoms with E-state index >= 15 is 0 Å². The summed E-state index contributed by atoms with van der Waals surface area (Å²) in [4.78, 5) is 13.2.